The molecule has 1 aliphatic heterocycles. The molecule has 1 saturated heterocycles. The third-order valence-electron chi connectivity index (χ3n) is 3.41. The van der Waals surface area contributed by atoms with E-state index in [4.69, 9.17) is 10.8 Å². The van der Waals surface area contributed by atoms with E-state index in [9.17, 15) is 14.4 Å². The molecule has 0 unspecified atom stereocenters. The van der Waals surface area contributed by atoms with Crippen LogP contribution in [0, 0.1) is 0 Å². The minimum absolute atomic E-state index is 0.0963. The van der Waals surface area contributed by atoms with Crippen molar-refractivity contribution in [2.45, 2.75) is 6.42 Å². The van der Waals surface area contributed by atoms with Gasteiger partial charge in [-0.3, -0.25) is 9.78 Å². The van der Waals surface area contributed by atoms with Gasteiger partial charge in [-0.1, -0.05) is 0 Å². The topological polar surface area (TPSA) is 145 Å². The average Bonchev–Trinajstić information content (AvgIpc) is 2.47. The van der Waals surface area contributed by atoms with Crippen molar-refractivity contribution in [3.63, 3.8) is 0 Å². The summed E-state index contributed by atoms with van der Waals surface area (Å²) in [5.41, 5.74) is 5.90. The van der Waals surface area contributed by atoms with Crippen LogP contribution in [0.1, 0.15) is 6.42 Å². The molecule has 0 radical (unpaired) electrons. The zero-order chi connectivity index (χ0) is 16.1. The standard InChI is InChI=1S/C12H18N6O4/c13-10-8(7-15-11(20)16-10)17-3-5-18(6-4-17)9(19)1-2-14-12(21)22/h7,14H,1-6H2,(H,21,22)(H3,13,15,16,20). The molecule has 22 heavy (non-hydrogen) atoms. The number of anilines is 2. The fraction of sp³-hybridized carbons (Fsp3) is 0.500. The van der Waals surface area contributed by atoms with Crippen molar-refractivity contribution in [3.05, 3.63) is 16.7 Å². The van der Waals surface area contributed by atoms with Gasteiger partial charge in [-0.05, 0) is 0 Å². The summed E-state index contributed by atoms with van der Waals surface area (Å²) >= 11 is 0. The lowest BCUT2D eigenvalue weighted by Gasteiger charge is -2.36. The first-order chi connectivity index (χ1) is 10.5. The molecule has 0 aliphatic carbocycles. The molecule has 10 nitrogen and oxygen atoms in total. The number of carbonyl (C=O) groups excluding carboxylic acids is 1. The molecule has 5 N–H and O–H groups in total. The molecule has 0 aromatic carbocycles. The van der Waals surface area contributed by atoms with Crippen LogP contribution >= 0.6 is 0 Å². The summed E-state index contributed by atoms with van der Waals surface area (Å²) in [5, 5.41) is 10.6. The summed E-state index contributed by atoms with van der Waals surface area (Å²) in [6, 6.07) is 0. The molecule has 0 atom stereocenters. The van der Waals surface area contributed by atoms with E-state index >= 15 is 0 Å². The number of hydrogen-bond donors (Lipinski definition) is 4. The molecule has 1 aliphatic rings. The second kappa shape index (κ2) is 6.78. The van der Waals surface area contributed by atoms with E-state index in [1.54, 1.807) is 4.90 Å². The van der Waals surface area contributed by atoms with Crippen LogP contribution in [0.25, 0.3) is 0 Å². The molecule has 0 bridgehead atoms. The molecule has 0 saturated carbocycles. The molecule has 2 amide bonds. The quantitative estimate of drug-likeness (QED) is 0.538. The van der Waals surface area contributed by atoms with Crippen LogP contribution in [0.15, 0.2) is 11.0 Å². The van der Waals surface area contributed by atoms with Crippen molar-refractivity contribution < 1.29 is 14.7 Å². The SMILES string of the molecule is Nc1[nH]c(=O)ncc1N1CCN(C(=O)CCNC(=O)O)CC1. The average molecular weight is 310 g/mol. The minimum Gasteiger partial charge on any atom is -0.465 e. The molecule has 1 aromatic heterocycles. The van der Waals surface area contributed by atoms with Gasteiger partial charge >= 0.3 is 11.8 Å². The Morgan fingerprint density at radius 1 is 1.36 bits per heavy atom. The van der Waals surface area contributed by atoms with Gasteiger partial charge < -0.3 is 26.0 Å². The lowest BCUT2D eigenvalue weighted by molar-refractivity contribution is -0.131. The molecular weight excluding hydrogens is 292 g/mol. The zero-order valence-corrected chi connectivity index (χ0v) is 11.9. The van der Waals surface area contributed by atoms with Crippen LogP contribution in [-0.4, -0.2) is 64.7 Å². The highest BCUT2D eigenvalue weighted by molar-refractivity contribution is 5.77. The predicted octanol–water partition coefficient (Wildman–Crippen LogP) is -1.34. The normalized spacial score (nSPS) is 14.7. The van der Waals surface area contributed by atoms with Crippen LogP contribution in [0.4, 0.5) is 16.3 Å². The molecule has 0 spiro atoms. The second-order valence-corrected chi connectivity index (χ2v) is 4.84. The van der Waals surface area contributed by atoms with Crippen molar-refractivity contribution in [2.24, 2.45) is 0 Å². The van der Waals surface area contributed by atoms with Crippen molar-refractivity contribution in [1.29, 1.82) is 0 Å². The van der Waals surface area contributed by atoms with E-state index in [1.807, 2.05) is 4.90 Å². The first-order valence-corrected chi connectivity index (χ1v) is 6.81. The summed E-state index contributed by atoms with van der Waals surface area (Å²) in [5.74, 6) is 0.159. The number of aromatic amines is 1. The maximum Gasteiger partial charge on any atom is 0.404 e. The van der Waals surface area contributed by atoms with Gasteiger partial charge in [0.25, 0.3) is 0 Å². The molecule has 2 heterocycles. The highest BCUT2D eigenvalue weighted by Crippen LogP contribution is 2.19. The van der Waals surface area contributed by atoms with Crippen molar-refractivity contribution in [2.75, 3.05) is 43.4 Å². The smallest absolute Gasteiger partial charge is 0.404 e. The van der Waals surface area contributed by atoms with E-state index in [0.717, 1.165) is 0 Å². The summed E-state index contributed by atoms with van der Waals surface area (Å²) in [6.45, 7) is 2.24. The number of nitrogens with two attached hydrogens (primary N) is 1. The fourth-order valence-corrected chi connectivity index (χ4v) is 2.28. The Balaban J connectivity index is 1.86. The fourth-order valence-electron chi connectivity index (χ4n) is 2.28. The molecule has 1 fully saturated rings. The van der Waals surface area contributed by atoms with Gasteiger partial charge in [-0.2, -0.15) is 4.98 Å². The Kier molecular flexibility index (Phi) is 4.81. The van der Waals surface area contributed by atoms with Gasteiger partial charge in [-0.15, -0.1) is 0 Å². The van der Waals surface area contributed by atoms with Gasteiger partial charge in [0.2, 0.25) is 5.91 Å². The van der Waals surface area contributed by atoms with Crippen LogP contribution < -0.4 is 21.6 Å². The van der Waals surface area contributed by atoms with Crippen LogP contribution in [-0.2, 0) is 4.79 Å². The molecule has 10 heteroatoms. The van der Waals surface area contributed by atoms with Gasteiger partial charge in [-0.25, -0.2) is 9.59 Å². The lowest BCUT2D eigenvalue weighted by atomic mass is 10.2. The van der Waals surface area contributed by atoms with Crippen LogP contribution in [0.2, 0.25) is 0 Å². The summed E-state index contributed by atoms with van der Waals surface area (Å²) in [6.07, 6.45) is 0.413. The number of rotatable bonds is 4. The number of nitrogens with one attached hydrogen (secondary N) is 2. The monoisotopic (exact) mass is 310 g/mol. The van der Waals surface area contributed by atoms with Crippen molar-refractivity contribution >= 4 is 23.5 Å². The number of carbonyl (C=O) groups is 2. The number of piperazine rings is 1. The third kappa shape index (κ3) is 3.87. The Bertz CT molecular complexity index is 608. The number of amides is 2. The van der Waals surface area contributed by atoms with E-state index < -0.39 is 11.8 Å². The Hall–Kier alpha value is -2.78. The van der Waals surface area contributed by atoms with Gasteiger partial charge in [0.1, 0.15) is 5.82 Å². The first-order valence-electron chi connectivity index (χ1n) is 6.81. The highest BCUT2D eigenvalue weighted by Gasteiger charge is 2.22. The van der Waals surface area contributed by atoms with E-state index in [1.165, 1.54) is 6.20 Å². The maximum atomic E-state index is 11.9. The zero-order valence-electron chi connectivity index (χ0n) is 11.9. The predicted molar refractivity (Wildman–Crippen MR) is 78.7 cm³/mol. The van der Waals surface area contributed by atoms with Gasteiger partial charge in [0.15, 0.2) is 0 Å². The van der Waals surface area contributed by atoms with E-state index in [-0.39, 0.29) is 24.7 Å². The highest BCUT2D eigenvalue weighted by atomic mass is 16.4. The van der Waals surface area contributed by atoms with Crippen molar-refractivity contribution in [3.8, 4) is 0 Å². The van der Waals surface area contributed by atoms with Gasteiger partial charge in [0.05, 0.1) is 11.9 Å². The second-order valence-electron chi connectivity index (χ2n) is 4.84. The van der Waals surface area contributed by atoms with E-state index in [2.05, 4.69) is 15.3 Å². The number of nitrogens with zero attached hydrogens (tertiary/aromatic N) is 3. The summed E-state index contributed by atoms with van der Waals surface area (Å²) < 4.78 is 0. The van der Waals surface area contributed by atoms with Gasteiger partial charge in [0, 0.05) is 39.1 Å². The van der Waals surface area contributed by atoms with Crippen LogP contribution in [0.3, 0.4) is 0 Å². The number of aromatic nitrogens is 2. The summed E-state index contributed by atoms with van der Waals surface area (Å²) in [7, 11) is 0. The molecular formula is C12H18N6O4. The molecule has 1 aromatic rings. The minimum atomic E-state index is -1.14. The number of hydrogen-bond acceptors (Lipinski definition) is 6. The summed E-state index contributed by atoms with van der Waals surface area (Å²) in [4.78, 5) is 43.0. The third-order valence-corrected chi connectivity index (χ3v) is 3.41. The molecule has 2 rings (SSSR count). The Morgan fingerprint density at radius 2 is 2.05 bits per heavy atom. The first kappa shape index (κ1) is 15.6. The number of nitrogen functional groups attached to an aromatic ring is 1. The van der Waals surface area contributed by atoms with Crippen molar-refractivity contribution in [1.82, 2.24) is 20.2 Å². The molecule has 120 valence electrons. The number of H-pyrrole nitrogens is 1. The maximum absolute atomic E-state index is 11.9. The Labute approximate surface area is 125 Å². The largest absolute Gasteiger partial charge is 0.465 e. The number of carboxylic acid groups (broad SMARTS) is 1. The Morgan fingerprint density at radius 3 is 2.64 bits per heavy atom. The lowest BCUT2D eigenvalue weighted by Crippen LogP contribution is -2.49. The van der Waals surface area contributed by atoms with E-state index in [0.29, 0.717) is 31.9 Å². The van der Waals surface area contributed by atoms with Crippen LogP contribution in [0.5, 0.6) is 0 Å².